The van der Waals surface area contributed by atoms with E-state index < -0.39 is 18.4 Å². The minimum absolute atomic E-state index is 1.15. The second kappa shape index (κ2) is 8.15. The van der Waals surface area contributed by atoms with E-state index in [-0.39, 0.29) is 0 Å². The maximum absolute atomic E-state index is 3.92. The fourth-order valence-electron chi connectivity index (χ4n) is 2.15. The SMILES string of the molecule is C=C[CH2][Sn]([CH]=Cc1ccccc1)([CH2]C=C)[CH2]C=C. The zero-order valence-electron chi connectivity index (χ0n) is 11.0. The van der Waals surface area contributed by atoms with Crippen molar-refractivity contribution in [2.24, 2.45) is 0 Å². The molecule has 0 spiro atoms. The second-order valence-corrected chi connectivity index (χ2v) is 16.8. The molecule has 0 aromatic heterocycles. The van der Waals surface area contributed by atoms with Crippen molar-refractivity contribution in [3.05, 3.63) is 78.0 Å². The predicted molar refractivity (Wildman–Crippen MR) is 86.2 cm³/mol. The van der Waals surface area contributed by atoms with Crippen LogP contribution < -0.4 is 0 Å². The van der Waals surface area contributed by atoms with Crippen molar-refractivity contribution >= 4 is 24.5 Å². The Morgan fingerprint density at radius 3 is 1.78 bits per heavy atom. The van der Waals surface area contributed by atoms with Gasteiger partial charge in [0.05, 0.1) is 0 Å². The van der Waals surface area contributed by atoms with Gasteiger partial charge < -0.3 is 0 Å². The summed E-state index contributed by atoms with van der Waals surface area (Å²) in [4.78, 5) is 0. The van der Waals surface area contributed by atoms with Crippen molar-refractivity contribution in [1.82, 2.24) is 0 Å². The number of benzene rings is 1. The van der Waals surface area contributed by atoms with E-state index in [1.165, 1.54) is 5.56 Å². The number of hydrogen-bond donors (Lipinski definition) is 0. The number of allylic oxidation sites excluding steroid dienone is 3. The first-order valence-electron chi connectivity index (χ1n) is 6.33. The fourth-order valence-corrected chi connectivity index (χ4v) is 11.2. The third kappa shape index (κ3) is 4.69. The summed E-state index contributed by atoms with van der Waals surface area (Å²) in [7, 11) is 0. The Morgan fingerprint density at radius 2 is 1.33 bits per heavy atom. The molecule has 0 atom stereocenters. The van der Waals surface area contributed by atoms with Crippen LogP contribution >= 0.6 is 0 Å². The molecule has 0 saturated heterocycles. The summed E-state index contributed by atoms with van der Waals surface area (Å²) in [5.41, 5.74) is 1.27. The molecule has 1 heteroatoms. The minimum atomic E-state index is -2.32. The van der Waals surface area contributed by atoms with Gasteiger partial charge in [0.25, 0.3) is 0 Å². The first-order valence-corrected chi connectivity index (χ1v) is 14.0. The van der Waals surface area contributed by atoms with Crippen molar-refractivity contribution in [2.45, 2.75) is 13.3 Å². The van der Waals surface area contributed by atoms with Gasteiger partial charge in [-0.1, -0.05) is 0 Å². The molecule has 0 aliphatic heterocycles. The van der Waals surface area contributed by atoms with Gasteiger partial charge in [-0.2, -0.15) is 0 Å². The molecule has 0 radical (unpaired) electrons. The average Bonchev–Trinajstić information content (AvgIpc) is 2.39. The van der Waals surface area contributed by atoms with E-state index in [9.17, 15) is 0 Å². The molecule has 0 aliphatic rings. The van der Waals surface area contributed by atoms with Crippen LogP contribution in [0.4, 0.5) is 0 Å². The number of hydrogen-bond acceptors (Lipinski definition) is 0. The van der Waals surface area contributed by atoms with Crippen LogP contribution in [0.25, 0.3) is 6.08 Å². The van der Waals surface area contributed by atoms with Crippen molar-refractivity contribution in [3.63, 3.8) is 0 Å². The van der Waals surface area contributed by atoms with Gasteiger partial charge in [0.2, 0.25) is 0 Å². The van der Waals surface area contributed by atoms with Gasteiger partial charge >= 0.3 is 116 Å². The zero-order valence-corrected chi connectivity index (χ0v) is 13.9. The van der Waals surface area contributed by atoms with E-state index in [1.54, 1.807) is 0 Å². The summed E-state index contributed by atoms with van der Waals surface area (Å²) in [6.45, 7) is 11.7. The first kappa shape index (κ1) is 15.0. The van der Waals surface area contributed by atoms with Crippen LogP contribution in [0.15, 0.2) is 72.4 Å². The molecule has 0 bridgehead atoms. The van der Waals surface area contributed by atoms with Crippen LogP contribution in [-0.4, -0.2) is 18.4 Å². The molecule has 94 valence electrons. The van der Waals surface area contributed by atoms with Crippen LogP contribution in [0.3, 0.4) is 0 Å². The second-order valence-electron chi connectivity index (χ2n) is 4.58. The third-order valence-electron chi connectivity index (χ3n) is 3.08. The summed E-state index contributed by atoms with van der Waals surface area (Å²) in [5, 5.41) is 0. The van der Waals surface area contributed by atoms with Gasteiger partial charge in [0.1, 0.15) is 0 Å². The summed E-state index contributed by atoms with van der Waals surface area (Å²) in [5.74, 6) is 0. The molecule has 1 rings (SSSR count). The molecule has 1 aromatic carbocycles. The molecule has 0 nitrogen and oxygen atoms in total. The fraction of sp³-hybridized carbons (Fsp3) is 0.176. The van der Waals surface area contributed by atoms with Crippen LogP contribution in [0.2, 0.25) is 13.3 Å². The van der Waals surface area contributed by atoms with Crippen LogP contribution in [0.5, 0.6) is 0 Å². The molecule has 0 fully saturated rings. The van der Waals surface area contributed by atoms with E-state index in [0.29, 0.717) is 0 Å². The van der Waals surface area contributed by atoms with Gasteiger partial charge in [-0.15, -0.1) is 0 Å². The maximum atomic E-state index is 3.92. The zero-order chi connectivity index (χ0) is 13.3. The summed E-state index contributed by atoms with van der Waals surface area (Å²) in [6, 6.07) is 10.5. The Labute approximate surface area is 115 Å². The predicted octanol–water partition coefficient (Wildman–Crippen LogP) is 5.25. The molecular weight excluding hydrogens is 323 g/mol. The van der Waals surface area contributed by atoms with Crippen molar-refractivity contribution < 1.29 is 0 Å². The molecule has 0 unspecified atom stereocenters. The van der Waals surface area contributed by atoms with Gasteiger partial charge in [-0.3, -0.25) is 0 Å². The van der Waals surface area contributed by atoms with Crippen LogP contribution in [0.1, 0.15) is 5.56 Å². The van der Waals surface area contributed by atoms with Crippen molar-refractivity contribution in [1.29, 1.82) is 0 Å². The van der Waals surface area contributed by atoms with Crippen LogP contribution in [0, 0.1) is 0 Å². The van der Waals surface area contributed by atoms with Gasteiger partial charge in [0.15, 0.2) is 0 Å². The van der Waals surface area contributed by atoms with E-state index in [4.69, 9.17) is 0 Å². The quantitative estimate of drug-likeness (QED) is 0.446. The molecule has 0 N–H and O–H groups in total. The van der Waals surface area contributed by atoms with E-state index in [2.05, 4.69) is 72.4 Å². The monoisotopic (exact) mass is 346 g/mol. The third-order valence-corrected chi connectivity index (χ3v) is 15.0. The Hall–Kier alpha value is -1.02. The average molecular weight is 345 g/mol. The van der Waals surface area contributed by atoms with Crippen LogP contribution in [-0.2, 0) is 0 Å². The summed E-state index contributed by atoms with van der Waals surface area (Å²) < 4.78 is 5.93. The van der Waals surface area contributed by atoms with Gasteiger partial charge in [0, 0.05) is 0 Å². The molecular formula is C17H22Sn. The Balaban J connectivity index is 2.94. The topological polar surface area (TPSA) is 0 Å². The Kier molecular flexibility index (Phi) is 6.81. The number of rotatable bonds is 8. The molecule has 0 amide bonds. The van der Waals surface area contributed by atoms with Gasteiger partial charge in [-0.25, -0.2) is 0 Å². The van der Waals surface area contributed by atoms with E-state index >= 15 is 0 Å². The first-order chi connectivity index (χ1) is 8.76. The normalized spacial score (nSPS) is 11.3. The standard InChI is InChI=1S/C8H7.3C3H5.Sn/c1-2-8-6-4-3-5-7-8;3*1-3-2;/h1-7H;3*3H,1-2H2;. The summed E-state index contributed by atoms with van der Waals surface area (Å²) >= 11 is -2.32. The van der Waals surface area contributed by atoms with Crippen molar-refractivity contribution in [2.75, 3.05) is 0 Å². The molecule has 18 heavy (non-hydrogen) atoms. The summed E-state index contributed by atoms with van der Waals surface area (Å²) in [6.07, 6.45) is 8.47. The van der Waals surface area contributed by atoms with Gasteiger partial charge in [-0.05, 0) is 0 Å². The molecule has 0 saturated carbocycles. The van der Waals surface area contributed by atoms with E-state index in [0.717, 1.165) is 13.3 Å². The Bertz CT molecular complexity index is 388. The Morgan fingerprint density at radius 1 is 0.833 bits per heavy atom. The molecule has 0 heterocycles. The van der Waals surface area contributed by atoms with Crippen molar-refractivity contribution in [3.8, 4) is 0 Å². The van der Waals surface area contributed by atoms with E-state index in [1.807, 2.05) is 6.07 Å². The molecule has 0 aliphatic carbocycles. The molecule has 1 aromatic rings.